The Balaban J connectivity index is -0.000000200. The second-order valence-electron chi connectivity index (χ2n) is 5.27. The smallest absolute Gasteiger partial charge is 0.0417 e. The third kappa shape index (κ3) is 31.5. The van der Waals surface area contributed by atoms with Crippen LogP contribution in [0.1, 0.15) is 81.6 Å². The van der Waals surface area contributed by atoms with Crippen molar-refractivity contribution in [1.29, 1.82) is 0 Å². The quantitative estimate of drug-likeness (QED) is 0.530. The maximum absolute atomic E-state index is 2.34. The fourth-order valence-corrected chi connectivity index (χ4v) is 1.02. The summed E-state index contributed by atoms with van der Waals surface area (Å²) in [5.41, 5.74) is 0. The molecule has 0 aromatic rings. The monoisotopic (exact) mass is 216 g/mol. The topological polar surface area (TPSA) is 0 Å². The van der Waals surface area contributed by atoms with Gasteiger partial charge in [-0.3, -0.25) is 0 Å². The Kier molecular flexibility index (Phi) is 22.4. The van der Waals surface area contributed by atoms with Gasteiger partial charge < -0.3 is 0 Å². The molecule has 15 heavy (non-hydrogen) atoms. The Hall–Kier alpha value is 0. The van der Waals surface area contributed by atoms with Crippen LogP contribution in [0.3, 0.4) is 0 Å². The molecule has 0 spiro atoms. The van der Waals surface area contributed by atoms with Gasteiger partial charge in [0.15, 0.2) is 0 Å². The first-order valence-electron chi connectivity index (χ1n) is 6.87. The molecule has 1 atom stereocenters. The van der Waals surface area contributed by atoms with Crippen LogP contribution in [0.2, 0.25) is 0 Å². The molecule has 0 heteroatoms. The maximum Gasteiger partial charge on any atom is -0.0417 e. The van der Waals surface area contributed by atoms with Crippen molar-refractivity contribution in [1.82, 2.24) is 0 Å². The van der Waals surface area contributed by atoms with Crippen LogP contribution in [-0.2, 0) is 0 Å². The molecule has 0 radical (unpaired) electrons. The van der Waals surface area contributed by atoms with Gasteiger partial charge in [-0.1, -0.05) is 75.2 Å². The molecule has 0 saturated heterocycles. The average molecular weight is 216 g/mol. The van der Waals surface area contributed by atoms with Crippen molar-refractivity contribution in [3.63, 3.8) is 0 Å². The second-order valence-corrected chi connectivity index (χ2v) is 5.27. The second kappa shape index (κ2) is 16.4. The predicted molar refractivity (Wildman–Crippen MR) is 75.4 cm³/mol. The lowest BCUT2D eigenvalue weighted by molar-refractivity contribution is 0.344. The van der Waals surface area contributed by atoms with Gasteiger partial charge in [-0.25, -0.2) is 0 Å². The first kappa shape index (κ1) is 20.4. The van der Waals surface area contributed by atoms with E-state index in [1.807, 2.05) is 0 Å². The van der Waals surface area contributed by atoms with Gasteiger partial charge in [0.25, 0.3) is 0 Å². The summed E-state index contributed by atoms with van der Waals surface area (Å²) in [7, 11) is 0. The molecule has 0 rings (SSSR count). The van der Waals surface area contributed by atoms with Crippen LogP contribution in [0, 0.1) is 17.8 Å². The van der Waals surface area contributed by atoms with Crippen LogP contribution in [0.15, 0.2) is 0 Å². The molecule has 96 valence electrons. The van der Waals surface area contributed by atoms with Crippen molar-refractivity contribution in [2.75, 3.05) is 0 Å². The summed E-state index contributed by atoms with van der Waals surface area (Å²) in [6.07, 6.45) is 3.87. The van der Waals surface area contributed by atoms with Crippen LogP contribution >= 0.6 is 0 Å². The normalized spacial score (nSPS) is 11.4. The number of rotatable bonds is 3. The fraction of sp³-hybridized carbons (Fsp3) is 1.00. The van der Waals surface area contributed by atoms with E-state index in [0.29, 0.717) is 0 Å². The van der Waals surface area contributed by atoms with Crippen LogP contribution in [-0.4, -0.2) is 0 Å². The van der Waals surface area contributed by atoms with Gasteiger partial charge in [-0.2, -0.15) is 0 Å². The highest BCUT2D eigenvalue weighted by Crippen LogP contribution is 2.18. The molecule has 0 aliphatic carbocycles. The zero-order valence-corrected chi connectivity index (χ0v) is 12.9. The van der Waals surface area contributed by atoms with E-state index >= 15 is 0 Å². The number of hydrogen-bond donors (Lipinski definition) is 0. The molecular weight excluding hydrogens is 180 g/mol. The summed E-state index contributed by atoms with van der Waals surface area (Å²) in [5.74, 6) is 2.61. The molecule has 0 heterocycles. The minimum absolute atomic E-state index is 0.854. The van der Waals surface area contributed by atoms with Gasteiger partial charge >= 0.3 is 0 Å². The Morgan fingerprint density at radius 1 is 0.667 bits per heavy atom. The van der Waals surface area contributed by atoms with Gasteiger partial charge in [0.05, 0.1) is 0 Å². The summed E-state index contributed by atoms with van der Waals surface area (Å²) in [5, 5.41) is 0. The lowest BCUT2D eigenvalue weighted by Gasteiger charge is -2.16. The van der Waals surface area contributed by atoms with E-state index in [4.69, 9.17) is 0 Å². The van der Waals surface area contributed by atoms with Crippen molar-refractivity contribution in [3.8, 4) is 0 Å². The van der Waals surface area contributed by atoms with E-state index in [-0.39, 0.29) is 0 Å². The standard InChI is InChI=1S/C9H20.2C3H8/c1-7(2)6-9(5)8(3)4;2*1-3-2/h7-9H,6H2,1-5H3;2*3H2,1-2H3. The molecule has 1 unspecified atom stereocenters. The van der Waals surface area contributed by atoms with E-state index in [1.54, 1.807) is 0 Å². The molecule has 0 bridgehead atoms. The first-order chi connectivity index (χ1) is 6.87. The maximum atomic E-state index is 2.34. The molecule has 0 aliphatic rings. The van der Waals surface area contributed by atoms with Crippen LogP contribution in [0.25, 0.3) is 0 Å². The Labute approximate surface area is 99.9 Å². The van der Waals surface area contributed by atoms with Gasteiger partial charge in [0, 0.05) is 0 Å². The fourth-order valence-electron chi connectivity index (χ4n) is 1.02. The summed E-state index contributed by atoms with van der Waals surface area (Å²) in [4.78, 5) is 0. The van der Waals surface area contributed by atoms with E-state index in [1.165, 1.54) is 19.3 Å². The highest BCUT2D eigenvalue weighted by Gasteiger charge is 2.07. The highest BCUT2D eigenvalue weighted by atomic mass is 14.1. The van der Waals surface area contributed by atoms with Crippen molar-refractivity contribution in [2.45, 2.75) is 81.6 Å². The van der Waals surface area contributed by atoms with Crippen LogP contribution in [0.4, 0.5) is 0 Å². The largest absolute Gasteiger partial charge is 0.0656 e. The first-order valence-corrected chi connectivity index (χ1v) is 6.87. The SMILES string of the molecule is CC(C)CC(C)C(C)C.CCC.CCC. The zero-order chi connectivity index (χ0) is 12.9. The third-order valence-electron chi connectivity index (χ3n) is 1.98. The molecule has 0 saturated carbocycles. The lowest BCUT2D eigenvalue weighted by atomic mass is 9.90. The Bertz CT molecular complexity index is 80.0. The predicted octanol–water partition coefficient (Wildman–Crippen LogP) is 6.16. The minimum Gasteiger partial charge on any atom is -0.0656 e. The van der Waals surface area contributed by atoms with Crippen LogP contribution < -0.4 is 0 Å². The van der Waals surface area contributed by atoms with Crippen LogP contribution in [0.5, 0.6) is 0 Å². The van der Waals surface area contributed by atoms with E-state index in [0.717, 1.165) is 17.8 Å². The molecule has 0 aromatic carbocycles. The molecule has 0 nitrogen and oxygen atoms in total. The molecule has 0 N–H and O–H groups in total. The molecule has 0 aliphatic heterocycles. The van der Waals surface area contributed by atoms with Gasteiger partial charge in [-0.15, -0.1) is 0 Å². The molecule has 0 fully saturated rings. The highest BCUT2D eigenvalue weighted by molar-refractivity contribution is 4.58. The van der Waals surface area contributed by atoms with Gasteiger partial charge in [0.2, 0.25) is 0 Å². The van der Waals surface area contributed by atoms with Crippen molar-refractivity contribution in [2.24, 2.45) is 17.8 Å². The van der Waals surface area contributed by atoms with E-state index in [9.17, 15) is 0 Å². The van der Waals surface area contributed by atoms with Gasteiger partial charge in [0.1, 0.15) is 0 Å². The number of hydrogen-bond acceptors (Lipinski definition) is 0. The van der Waals surface area contributed by atoms with Crippen molar-refractivity contribution >= 4 is 0 Å². The van der Waals surface area contributed by atoms with Crippen molar-refractivity contribution < 1.29 is 0 Å². The summed E-state index contributed by atoms with van der Waals surface area (Å²) in [6.45, 7) is 20.0. The summed E-state index contributed by atoms with van der Waals surface area (Å²) >= 11 is 0. The Morgan fingerprint density at radius 2 is 0.933 bits per heavy atom. The third-order valence-corrected chi connectivity index (χ3v) is 1.98. The molecule has 0 amide bonds. The van der Waals surface area contributed by atoms with E-state index < -0.39 is 0 Å². The van der Waals surface area contributed by atoms with Gasteiger partial charge in [-0.05, 0) is 24.2 Å². The molecule has 0 aromatic heterocycles. The lowest BCUT2D eigenvalue weighted by Crippen LogP contribution is -2.06. The van der Waals surface area contributed by atoms with Crippen molar-refractivity contribution in [3.05, 3.63) is 0 Å². The Morgan fingerprint density at radius 3 is 1.00 bits per heavy atom. The summed E-state index contributed by atoms with van der Waals surface area (Å²) in [6, 6.07) is 0. The average Bonchev–Trinajstić information content (AvgIpc) is 2.05. The minimum atomic E-state index is 0.854. The van der Waals surface area contributed by atoms with E-state index in [2.05, 4.69) is 62.3 Å². The molecular formula is C15H36. The zero-order valence-electron chi connectivity index (χ0n) is 12.9. The summed E-state index contributed by atoms with van der Waals surface area (Å²) < 4.78 is 0.